The van der Waals surface area contributed by atoms with Crippen LogP contribution in [0, 0.1) is 40.4 Å². The van der Waals surface area contributed by atoms with Crippen LogP contribution < -0.4 is 0 Å². The molecule has 1 nitrogen and oxygen atoms in total. The van der Waals surface area contributed by atoms with Gasteiger partial charge in [0.15, 0.2) is 5.78 Å². The van der Waals surface area contributed by atoms with Gasteiger partial charge in [-0.2, -0.15) is 0 Å². The van der Waals surface area contributed by atoms with E-state index in [1.165, 1.54) is 44.1 Å². The summed E-state index contributed by atoms with van der Waals surface area (Å²) in [6, 6.07) is 0. The Morgan fingerprint density at radius 3 is 2.67 bits per heavy atom. The van der Waals surface area contributed by atoms with E-state index in [9.17, 15) is 4.79 Å². The molecule has 114 valence electrons. The molecule has 1 spiro atoms. The van der Waals surface area contributed by atoms with E-state index in [1.807, 2.05) is 6.08 Å². The molecule has 0 aromatic rings. The van der Waals surface area contributed by atoms with Crippen LogP contribution in [0.5, 0.6) is 0 Å². The molecule has 5 aliphatic rings. The van der Waals surface area contributed by atoms with Crippen LogP contribution in [0.1, 0.15) is 65.2 Å². The molecule has 0 bridgehead atoms. The summed E-state index contributed by atoms with van der Waals surface area (Å²) in [5, 5.41) is 0. The Balaban J connectivity index is 1.54. The van der Waals surface area contributed by atoms with Gasteiger partial charge in [0.05, 0.1) is 0 Å². The summed E-state index contributed by atoms with van der Waals surface area (Å²) >= 11 is 0. The zero-order valence-electron chi connectivity index (χ0n) is 13.5. The summed E-state index contributed by atoms with van der Waals surface area (Å²) in [6.45, 7) is 5.18. The quantitative estimate of drug-likeness (QED) is 0.626. The molecule has 5 rings (SSSR count). The Kier molecular flexibility index (Phi) is 2.36. The molecular weight excluding hydrogens is 256 g/mol. The summed E-state index contributed by atoms with van der Waals surface area (Å²) in [7, 11) is 0. The Morgan fingerprint density at radius 2 is 1.86 bits per heavy atom. The minimum absolute atomic E-state index is 0.400. The lowest BCUT2D eigenvalue weighted by atomic mass is 9.49. The van der Waals surface area contributed by atoms with Gasteiger partial charge in [-0.3, -0.25) is 4.79 Å². The molecular formula is C20H28O. The minimum atomic E-state index is 0.400. The first-order valence-electron chi connectivity index (χ1n) is 9.31. The first kappa shape index (κ1) is 12.9. The number of fused-ring (bicyclic) bond motifs is 3. The third-order valence-electron chi connectivity index (χ3n) is 8.86. The molecule has 0 aromatic carbocycles. The van der Waals surface area contributed by atoms with Crippen LogP contribution in [-0.4, -0.2) is 5.78 Å². The molecule has 0 N–H and O–H groups in total. The highest BCUT2D eigenvalue weighted by atomic mass is 16.1. The van der Waals surface area contributed by atoms with Gasteiger partial charge in [0.2, 0.25) is 0 Å². The fourth-order valence-electron chi connectivity index (χ4n) is 8.17. The first-order valence-corrected chi connectivity index (χ1v) is 9.31. The van der Waals surface area contributed by atoms with Crippen LogP contribution in [0.3, 0.4) is 0 Å². The van der Waals surface area contributed by atoms with E-state index in [1.54, 1.807) is 0 Å². The van der Waals surface area contributed by atoms with Gasteiger partial charge in [0, 0.05) is 6.42 Å². The highest BCUT2D eigenvalue weighted by Gasteiger charge is 2.78. The third-order valence-corrected chi connectivity index (χ3v) is 8.86. The second kappa shape index (κ2) is 3.84. The van der Waals surface area contributed by atoms with Crippen molar-refractivity contribution in [1.29, 1.82) is 0 Å². The normalized spacial score (nSPS) is 57.7. The molecule has 0 heterocycles. The summed E-state index contributed by atoms with van der Waals surface area (Å²) in [6.07, 6.45) is 12.6. The summed E-state index contributed by atoms with van der Waals surface area (Å²) < 4.78 is 0. The van der Waals surface area contributed by atoms with E-state index >= 15 is 0 Å². The van der Waals surface area contributed by atoms with Gasteiger partial charge < -0.3 is 0 Å². The largest absolute Gasteiger partial charge is 0.295 e. The molecule has 21 heavy (non-hydrogen) atoms. The average Bonchev–Trinajstić information content (AvgIpc) is 2.91. The standard InChI is InChI=1S/C20H28O/c1-12-17-8-10-19(2)9-7-16-15-5-4-14(21)11-13(15)3-6-18(16)20(12,17)19/h11-12,15-18H,3-10H2,1-2H3/t12?,15-,16?,17?,18+,19+,20?/m0/s1. The third kappa shape index (κ3) is 1.33. The van der Waals surface area contributed by atoms with Crippen molar-refractivity contribution in [3.05, 3.63) is 11.6 Å². The molecule has 4 unspecified atom stereocenters. The number of allylic oxidation sites excluding steroid dienone is 1. The van der Waals surface area contributed by atoms with Crippen molar-refractivity contribution in [3.63, 3.8) is 0 Å². The molecule has 4 fully saturated rings. The molecule has 7 atom stereocenters. The molecule has 5 aliphatic carbocycles. The van der Waals surface area contributed by atoms with Crippen molar-refractivity contribution in [1.82, 2.24) is 0 Å². The van der Waals surface area contributed by atoms with Crippen molar-refractivity contribution in [2.45, 2.75) is 65.2 Å². The first-order chi connectivity index (χ1) is 10.1. The van der Waals surface area contributed by atoms with E-state index in [2.05, 4.69) is 13.8 Å². The maximum Gasteiger partial charge on any atom is 0.155 e. The van der Waals surface area contributed by atoms with Gasteiger partial charge in [-0.15, -0.1) is 0 Å². The van der Waals surface area contributed by atoms with Gasteiger partial charge in [-0.25, -0.2) is 0 Å². The zero-order valence-corrected chi connectivity index (χ0v) is 13.5. The zero-order chi connectivity index (χ0) is 14.4. The van der Waals surface area contributed by atoms with E-state index in [-0.39, 0.29) is 0 Å². The number of hydrogen-bond donors (Lipinski definition) is 0. The van der Waals surface area contributed by atoms with Crippen LogP contribution in [0.4, 0.5) is 0 Å². The minimum Gasteiger partial charge on any atom is -0.295 e. The highest BCUT2D eigenvalue weighted by Crippen LogP contribution is 2.84. The van der Waals surface area contributed by atoms with E-state index in [0.29, 0.717) is 16.6 Å². The van der Waals surface area contributed by atoms with Crippen LogP contribution in [0.2, 0.25) is 0 Å². The van der Waals surface area contributed by atoms with Gasteiger partial charge in [-0.1, -0.05) is 19.4 Å². The van der Waals surface area contributed by atoms with Crippen LogP contribution >= 0.6 is 0 Å². The number of rotatable bonds is 0. The molecule has 0 aliphatic heterocycles. The lowest BCUT2D eigenvalue weighted by Crippen LogP contribution is -2.48. The predicted molar refractivity (Wildman–Crippen MR) is 83.7 cm³/mol. The van der Waals surface area contributed by atoms with Gasteiger partial charge in [0.25, 0.3) is 0 Å². The van der Waals surface area contributed by atoms with Gasteiger partial charge in [-0.05, 0) is 91.4 Å². The number of hydrogen-bond acceptors (Lipinski definition) is 1. The highest BCUT2D eigenvalue weighted by molar-refractivity contribution is 5.91. The van der Waals surface area contributed by atoms with E-state index in [0.717, 1.165) is 42.4 Å². The second-order valence-electron chi connectivity index (χ2n) is 9.11. The number of carbonyl (C=O) groups excluding carboxylic acids is 1. The topological polar surface area (TPSA) is 17.1 Å². The van der Waals surface area contributed by atoms with Crippen LogP contribution in [-0.2, 0) is 4.79 Å². The van der Waals surface area contributed by atoms with Crippen molar-refractivity contribution >= 4 is 5.78 Å². The monoisotopic (exact) mass is 284 g/mol. The van der Waals surface area contributed by atoms with E-state index < -0.39 is 0 Å². The summed E-state index contributed by atoms with van der Waals surface area (Å²) in [5.41, 5.74) is 2.91. The van der Waals surface area contributed by atoms with Crippen molar-refractivity contribution in [3.8, 4) is 0 Å². The van der Waals surface area contributed by atoms with E-state index in [4.69, 9.17) is 0 Å². The van der Waals surface area contributed by atoms with Gasteiger partial charge >= 0.3 is 0 Å². The van der Waals surface area contributed by atoms with Gasteiger partial charge in [0.1, 0.15) is 0 Å². The Hall–Kier alpha value is -0.590. The second-order valence-corrected chi connectivity index (χ2v) is 9.11. The maximum absolute atomic E-state index is 11.8. The molecule has 0 aromatic heterocycles. The van der Waals surface area contributed by atoms with Crippen molar-refractivity contribution in [2.75, 3.05) is 0 Å². The Bertz CT molecular complexity index is 546. The fraction of sp³-hybridized carbons (Fsp3) is 0.850. The van der Waals surface area contributed by atoms with Crippen molar-refractivity contribution < 1.29 is 4.79 Å². The molecule has 0 radical (unpaired) electrons. The SMILES string of the molecule is CC1C2CC[C@@]3(C)CCC4[C@@H](CCC5=CC(=O)CC[C@@H]54)C123. The number of ketones is 1. The maximum atomic E-state index is 11.8. The molecule has 0 amide bonds. The molecule has 0 saturated heterocycles. The lowest BCUT2D eigenvalue weighted by Gasteiger charge is -2.55. The Labute approximate surface area is 128 Å². The van der Waals surface area contributed by atoms with Crippen LogP contribution in [0.25, 0.3) is 0 Å². The predicted octanol–water partition coefficient (Wildman–Crippen LogP) is 4.76. The lowest BCUT2D eigenvalue weighted by molar-refractivity contribution is -0.116. The molecule has 1 heteroatoms. The average molecular weight is 284 g/mol. The summed E-state index contributed by atoms with van der Waals surface area (Å²) in [4.78, 5) is 11.8. The summed E-state index contributed by atoms with van der Waals surface area (Å²) in [5.74, 6) is 5.10. The smallest absolute Gasteiger partial charge is 0.155 e. The fourth-order valence-corrected chi connectivity index (χ4v) is 8.17. The number of carbonyl (C=O) groups is 1. The molecule has 4 saturated carbocycles. The Morgan fingerprint density at radius 1 is 1.05 bits per heavy atom. The van der Waals surface area contributed by atoms with Crippen molar-refractivity contribution in [2.24, 2.45) is 40.4 Å². The van der Waals surface area contributed by atoms with Crippen LogP contribution in [0.15, 0.2) is 11.6 Å².